The lowest BCUT2D eigenvalue weighted by Gasteiger charge is -2.33. The number of hydrogen-bond acceptors (Lipinski definition) is 3. The molecule has 0 bridgehead atoms. The highest BCUT2D eigenvalue weighted by molar-refractivity contribution is 5.98. The Morgan fingerprint density at radius 3 is 2.67 bits per heavy atom. The van der Waals surface area contributed by atoms with Crippen LogP contribution < -0.4 is 15.4 Å². The lowest BCUT2D eigenvalue weighted by molar-refractivity contribution is -0.130. The van der Waals surface area contributed by atoms with E-state index in [1.165, 1.54) is 12.1 Å². The Kier molecular flexibility index (Phi) is 3.14. The average molecular weight is 256 g/mol. The number of primary amides is 1. The van der Waals surface area contributed by atoms with Gasteiger partial charge in [0.05, 0.1) is 12.2 Å². The summed E-state index contributed by atoms with van der Waals surface area (Å²) >= 11 is 0. The molecule has 0 saturated heterocycles. The summed E-state index contributed by atoms with van der Waals surface area (Å²) in [6, 6.07) is 6.13. The van der Waals surface area contributed by atoms with Crippen LogP contribution in [0.1, 0.15) is 0 Å². The van der Waals surface area contributed by atoms with Crippen LogP contribution in [0.2, 0.25) is 0 Å². The summed E-state index contributed by atoms with van der Waals surface area (Å²) in [5.41, 5.74) is 5.28. The first-order valence-corrected chi connectivity index (χ1v) is 5.15. The summed E-state index contributed by atoms with van der Waals surface area (Å²) in [7, 11) is 0. The van der Waals surface area contributed by atoms with Crippen molar-refractivity contribution >= 4 is 17.5 Å². The van der Waals surface area contributed by atoms with Crippen LogP contribution in [0, 0.1) is 0 Å². The second kappa shape index (κ2) is 4.59. The second-order valence-electron chi connectivity index (χ2n) is 3.73. The van der Waals surface area contributed by atoms with Crippen LogP contribution in [-0.2, 0) is 9.59 Å². The average Bonchev–Trinajstić information content (AvgIpc) is 2.36. The van der Waals surface area contributed by atoms with Crippen LogP contribution in [0.5, 0.6) is 5.75 Å². The number of nitrogens with zero attached hydrogens (tertiary/aromatic N) is 1. The molecule has 2 amide bonds. The first-order chi connectivity index (χ1) is 8.50. The van der Waals surface area contributed by atoms with Crippen LogP contribution in [0.4, 0.5) is 14.5 Å². The Morgan fingerprint density at radius 1 is 1.39 bits per heavy atom. The number of halogens is 2. The van der Waals surface area contributed by atoms with Crippen molar-refractivity contribution in [2.75, 3.05) is 11.4 Å². The van der Waals surface area contributed by atoms with Crippen LogP contribution in [-0.4, -0.2) is 30.9 Å². The number of para-hydroxylation sites is 2. The van der Waals surface area contributed by atoms with E-state index in [-0.39, 0.29) is 18.0 Å². The van der Waals surface area contributed by atoms with E-state index in [9.17, 15) is 18.4 Å². The SMILES string of the molecule is NC(=O)C1CN(C(=O)C(F)F)c2ccccc2O1. The fourth-order valence-electron chi connectivity index (χ4n) is 1.71. The van der Waals surface area contributed by atoms with Crippen molar-refractivity contribution in [3.63, 3.8) is 0 Å². The number of nitrogens with two attached hydrogens (primary N) is 1. The number of amides is 2. The topological polar surface area (TPSA) is 72.6 Å². The molecule has 18 heavy (non-hydrogen) atoms. The van der Waals surface area contributed by atoms with Crippen LogP contribution in [0.15, 0.2) is 24.3 Å². The third-order valence-corrected chi connectivity index (χ3v) is 2.54. The molecule has 1 heterocycles. The molecule has 0 fully saturated rings. The molecule has 2 N–H and O–H groups in total. The van der Waals surface area contributed by atoms with E-state index in [0.29, 0.717) is 0 Å². The Labute approximate surface area is 101 Å². The molecular weight excluding hydrogens is 246 g/mol. The highest BCUT2D eigenvalue weighted by atomic mass is 19.3. The number of hydrogen-bond donors (Lipinski definition) is 1. The van der Waals surface area contributed by atoms with Gasteiger partial charge in [-0.05, 0) is 12.1 Å². The molecule has 0 radical (unpaired) electrons. The number of benzene rings is 1. The molecule has 1 unspecified atom stereocenters. The zero-order valence-corrected chi connectivity index (χ0v) is 9.18. The van der Waals surface area contributed by atoms with Gasteiger partial charge in [-0.25, -0.2) is 0 Å². The maximum Gasteiger partial charge on any atom is 0.316 e. The van der Waals surface area contributed by atoms with E-state index in [0.717, 1.165) is 4.90 Å². The zero-order chi connectivity index (χ0) is 13.3. The highest BCUT2D eigenvalue weighted by Crippen LogP contribution is 2.33. The fourth-order valence-corrected chi connectivity index (χ4v) is 1.71. The number of rotatable bonds is 2. The van der Waals surface area contributed by atoms with E-state index in [4.69, 9.17) is 10.5 Å². The van der Waals surface area contributed by atoms with E-state index in [2.05, 4.69) is 0 Å². The minimum atomic E-state index is -3.15. The van der Waals surface area contributed by atoms with E-state index in [1.54, 1.807) is 12.1 Å². The maximum atomic E-state index is 12.5. The van der Waals surface area contributed by atoms with Crippen LogP contribution in [0.25, 0.3) is 0 Å². The molecule has 1 atom stereocenters. The Hall–Kier alpha value is -2.18. The summed E-state index contributed by atoms with van der Waals surface area (Å²) in [4.78, 5) is 23.3. The molecule has 1 aromatic carbocycles. The van der Waals surface area contributed by atoms with Gasteiger partial charge in [0.15, 0.2) is 6.10 Å². The molecular formula is C11H10F2N2O3. The van der Waals surface area contributed by atoms with E-state index in [1.807, 2.05) is 0 Å². The minimum absolute atomic E-state index is 0.182. The quantitative estimate of drug-likeness (QED) is 0.839. The largest absolute Gasteiger partial charge is 0.477 e. The molecule has 1 aliphatic rings. The van der Waals surface area contributed by atoms with Crippen molar-refractivity contribution in [2.45, 2.75) is 12.5 Å². The van der Waals surface area contributed by atoms with Gasteiger partial charge in [-0.15, -0.1) is 0 Å². The second-order valence-corrected chi connectivity index (χ2v) is 3.73. The number of carbonyl (C=O) groups is 2. The number of anilines is 1. The smallest absolute Gasteiger partial charge is 0.316 e. The monoisotopic (exact) mass is 256 g/mol. The van der Waals surface area contributed by atoms with Crippen molar-refractivity contribution in [2.24, 2.45) is 5.73 Å². The summed E-state index contributed by atoms with van der Waals surface area (Å²) in [6.45, 7) is -0.310. The first-order valence-electron chi connectivity index (χ1n) is 5.15. The molecule has 1 aromatic rings. The summed E-state index contributed by atoms with van der Waals surface area (Å²) in [6.07, 6.45) is -4.27. The van der Waals surface area contributed by atoms with E-state index >= 15 is 0 Å². The van der Waals surface area contributed by atoms with E-state index < -0.39 is 24.3 Å². The molecule has 7 heteroatoms. The van der Waals surface area contributed by atoms with Gasteiger partial charge < -0.3 is 10.5 Å². The molecule has 0 aliphatic carbocycles. The van der Waals surface area contributed by atoms with Crippen molar-refractivity contribution in [3.8, 4) is 5.75 Å². The fraction of sp³-hybridized carbons (Fsp3) is 0.273. The normalized spacial score (nSPS) is 18.2. The predicted molar refractivity (Wildman–Crippen MR) is 58.4 cm³/mol. The van der Waals surface area contributed by atoms with Gasteiger partial charge in [0.25, 0.3) is 11.8 Å². The molecule has 2 rings (SSSR count). The molecule has 5 nitrogen and oxygen atoms in total. The Bertz CT molecular complexity index is 493. The summed E-state index contributed by atoms with van der Waals surface area (Å²) in [5, 5.41) is 0. The molecule has 0 spiro atoms. The van der Waals surface area contributed by atoms with Crippen molar-refractivity contribution < 1.29 is 23.1 Å². The predicted octanol–water partition coefficient (Wildman–Crippen LogP) is 0.531. The Balaban J connectivity index is 2.39. The minimum Gasteiger partial charge on any atom is -0.477 e. The van der Waals surface area contributed by atoms with Gasteiger partial charge in [-0.1, -0.05) is 12.1 Å². The van der Waals surface area contributed by atoms with Gasteiger partial charge in [0.2, 0.25) is 0 Å². The number of ether oxygens (including phenoxy) is 1. The van der Waals surface area contributed by atoms with Crippen molar-refractivity contribution in [1.29, 1.82) is 0 Å². The third-order valence-electron chi connectivity index (χ3n) is 2.54. The van der Waals surface area contributed by atoms with Gasteiger partial charge in [-0.2, -0.15) is 8.78 Å². The number of fused-ring (bicyclic) bond motifs is 1. The standard InChI is InChI=1S/C11H10F2N2O3/c12-9(13)11(17)15-5-8(10(14)16)18-7-4-2-1-3-6(7)15/h1-4,8-9H,5H2,(H2,14,16). The van der Waals surface area contributed by atoms with Gasteiger partial charge >= 0.3 is 6.43 Å². The van der Waals surface area contributed by atoms with Gasteiger partial charge in [0.1, 0.15) is 5.75 Å². The maximum absolute atomic E-state index is 12.5. The van der Waals surface area contributed by atoms with Gasteiger partial charge in [0, 0.05) is 0 Å². The molecule has 0 aromatic heterocycles. The van der Waals surface area contributed by atoms with Crippen molar-refractivity contribution in [1.82, 2.24) is 0 Å². The zero-order valence-electron chi connectivity index (χ0n) is 9.18. The molecule has 0 saturated carbocycles. The summed E-state index contributed by atoms with van der Waals surface area (Å²) in [5.74, 6) is -2.00. The Morgan fingerprint density at radius 2 is 2.06 bits per heavy atom. The first kappa shape index (κ1) is 12.3. The highest BCUT2D eigenvalue weighted by Gasteiger charge is 2.35. The molecule has 1 aliphatic heterocycles. The van der Waals surface area contributed by atoms with Crippen LogP contribution in [0.3, 0.4) is 0 Å². The lowest BCUT2D eigenvalue weighted by atomic mass is 10.2. The lowest BCUT2D eigenvalue weighted by Crippen LogP contribution is -2.50. The van der Waals surface area contributed by atoms with Crippen LogP contribution >= 0.6 is 0 Å². The van der Waals surface area contributed by atoms with Crippen molar-refractivity contribution in [3.05, 3.63) is 24.3 Å². The molecule has 96 valence electrons. The summed E-state index contributed by atoms with van der Waals surface area (Å²) < 4.78 is 30.2. The number of carbonyl (C=O) groups excluding carboxylic acids is 2. The third kappa shape index (κ3) is 2.11. The van der Waals surface area contributed by atoms with Gasteiger partial charge in [-0.3, -0.25) is 14.5 Å². The number of alkyl halides is 2.